The summed E-state index contributed by atoms with van der Waals surface area (Å²) in [7, 11) is 0. The van der Waals surface area contributed by atoms with Crippen LogP contribution in [0.4, 0.5) is 39.5 Å². The van der Waals surface area contributed by atoms with Crippen LogP contribution in [0.3, 0.4) is 0 Å². The van der Waals surface area contributed by atoms with E-state index in [1.165, 1.54) is 0 Å². The highest BCUT2D eigenvalue weighted by Crippen LogP contribution is 2.47. The molecule has 1 rings (SSSR count). The maximum atomic E-state index is 13.0. The molecule has 0 saturated carbocycles. The molecule has 0 aliphatic heterocycles. The number of halogens is 10. The van der Waals surface area contributed by atoms with Crippen molar-refractivity contribution in [2.24, 2.45) is 0 Å². The van der Waals surface area contributed by atoms with Crippen molar-refractivity contribution in [3.8, 4) is 0 Å². The highest BCUT2D eigenvalue weighted by Gasteiger charge is 2.61. The first-order valence-corrected chi connectivity index (χ1v) is 4.97. The predicted molar refractivity (Wildman–Crippen MR) is 48.9 cm³/mol. The Morgan fingerprint density at radius 3 is 1.44 bits per heavy atom. The lowest BCUT2D eigenvalue weighted by atomic mass is 10.1. The fraction of sp³-hybridized carbons (Fsp3) is 0.250. The van der Waals surface area contributed by atoms with Crippen LogP contribution >= 0.6 is 22.6 Å². The van der Waals surface area contributed by atoms with Crippen molar-refractivity contribution in [1.29, 1.82) is 0 Å². The van der Waals surface area contributed by atoms with Crippen LogP contribution in [-0.4, -0.2) is 6.18 Å². The van der Waals surface area contributed by atoms with Crippen LogP contribution in [0.1, 0.15) is 5.56 Å². The fourth-order valence-corrected chi connectivity index (χ4v) is 1.83. The number of alkyl halides is 5. The first-order chi connectivity index (χ1) is 7.93. The van der Waals surface area contributed by atoms with Crippen LogP contribution < -0.4 is 0 Å². The second-order valence-corrected chi connectivity index (χ2v) is 4.10. The second kappa shape index (κ2) is 4.46. The predicted octanol–water partition coefficient (Wildman–Crippen LogP) is 4.50. The Morgan fingerprint density at radius 2 is 1.06 bits per heavy atom. The first-order valence-electron chi connectivity index (χ1n) is 3.89. The molecule has 102 valence electrons. The zero-order chi connectivity index (χ0) is 14.5. The van der Waals surface area contributed by atoms with Gasteiger partial charge in [-0.15, -0.1) is 0 Å². The lowest BCUT2D eigenvalue weighted by Crippen LogP contribution is -2.36. The molecular weight excluding hydrogens is 394 g/mol. The van der Waals surface area contributed by atoms with Gasteiger partial charge in [-0.2, -0.15) is 22.0 Å². The van der Waals surface area contributed by atoms with Crippen LogP contribution in [0.2, 0.25) is 0 Å². The van der Waals surface area contributed by atoms with Crippen molar-refractivity contribution in [2.45, 2.75) is 12.1 Å². The number of hydrogen-bond acceptors (Lipinski definition) is 0. The lowest BCUT2D eigenvalue weighted by molar-refractivity contribution is -0.290. The van der Waals surface area contributed by atoms with Crippen molar-refractivity contribution >= 4 is 22.6 Å². The van der Waals surface area contributed by atoms with Gasteiger partial charge in [-0.1, -0.05) is 0 Å². The Kier molecular flexibility index (Phi) is 3.81. The Labute approximate surface area is 107 Å². The smallest absolute Gasteiger partial charge is 0.203 e. The van der Waals surface area contributed by atoms with Crippen molar-refractivity contribution in [3.63, 3.8) is 0 Å². The summed E-state index contributed by atoms with van der Waals surface area (Å²) in [4.78, 5) is 0. The molecule has 0 nitrogen and oxygen atoms in total. The van der Waals surface area contributed by atoms with Gasteiger partial charge >= 0.3 is 12.1 Å². The minimum absolute atomic E-state index is 0.536. The van der Waals surface area contributed by atoms with Gasteiger partial charge < -0.3 is 0 Å². The summed E-state index contributed by atoms with van der Waals surface area (Å²) >= 11 is 0.536. The molecule has 0 aliphatic rings. The summed E-state index contributed by atoms with van der Waals surface area (Å²) in [6.45, 7) is 0. The molecule has 0 aromatic heterocycles. The van der Waals surface area contributed by atoms with Crippen molar-refractivity contribution in [1.82, 2.24) is 0 Å². The molecule has 0 saturated heterocycles. The summed E-state index contributed by atoms with van der Waals surface area (Å²) in [6, 6.07) is 0. The molecular formula is C8F9I. The molecule has 1 aromatic rings. The number of rotatable bonds is 1. The van der Waals surface area contributed by atoms with Gasteiger partial charge in [0.05, 0.1) is 9.13 Å². The third-order valence-electron chi connectivity index (χ3n) is 1.88. The van der Waals surface area contributed by atoms with E-state index >= 15 is 0 Å². The average molecular weight is 394 g/mol. The fourth-order valence-electron chi connectivity index (χ4n) is 1.02. The summed E-state index contributed by atoms with van der Waals surface area (Å²) in [5.41, 5.74) is -2.58. The average Bonchev–Trinajstić information content (AvgIpc) is 2.22. The lowest BCUT2D eigenvalue weighted by Gasteiger charge is -2.22. The van der Waals surface area contributed by atoms with Gasteiger partial charge in [0, 0.05) is 0 Å². The quantitative estimate of drug-likeness (QED) is 0.285. The molecule has 0 heterocycles. The summed E-state index contributed by atoms with van der Waals surface area (Å²) in [5.74, 6) is -16.1. The van der Waals surface area contributed by atoms with Crippen LogP contribution in [0, 0.1) is 26.8 Å². The number of benzene rings is 1. The van der Waals surface area contributed by atoms with Gasteiger partial charge in [0.25, 0.3) is 0 Å². The van der Waals surface area contributed by atoms with E-state index in [1.807, 2.05) is 0 Å². The molecule has 0 aliphatic carbocycles. The van der Waals surface area contributed by atoms with Gasteiger partial charge in [0.15, 0.2) is 23.3 Å². The first kappa shape index (κ1) is 15.4. The zero-order valence-corrected chi connectivity index (χ0v) is 9.94. The Bertz CT molecular complexity index is 461. The van der Waals surface area contributed by atoms with Crippen molar-refractivity contribution < 1.29 is 39.5 Å². The standard InChI is InChI=1S/C8F9I/c9-2-1(7(13,14)8(15,16)17)6(18)5(12)4(11)3(2)10. The Balaban J connectivity index is 3.72. The topological polar surface area (TPSA) is 0 Å². The second-order valence-electron chi connectivity index (χ2n) is 3.02. The van der Waals surface area contributed by atoms with Crippen LogP contribution in [0.5, 0.6) is 0 Å². The Morgan fingerprint density at radius 1 is 0.667 bits per heavy atom. The highest BCUT2D eigenvalue weighted by atomic mass is 127. The SMILES string of the molecule is Fc1c(F)c(F)c(C(F)(F)C(F)(F)F)c(I)c1F. The van der Waals surface area contributed by atoms with Crippen LogP contribution in [-0.2, 0) is 5.92 Å². The van der Waals surface area contributed by atoms with E-state index in [-0.39, 0.29) is 0 Å². The van der Waals surface area contributed by atoms with Crippen LogP contribution in [0.15, 0.2) is 0 Å². The van der Waals surface area contributed by atoms with E-state index in [2.05, 4.69) is 0 Å². The van der Waals surface area contributed by atoms with E-state index in [4.69, 9.17) is 0 Å². The van der Waals surface area contributed by atoms with Crippen molar-refractivity contribution in [2.75, 3.05) is 0 Å². The van der Waals surface area contributed by atoms with Gasteiger partial charge in [0.1, 0.15) is 0 Å². The monoisotopic (exact) mass is 394 g/mol. The Hall–Kier alpha value is -0.680. The molecule has 0 unspecified atom stereocenters. The number of hydrogen-bond donors (Lipinski definition) is 0. The zero-order valence-electron chi connectivity index (χ0n) is 7.78. The van der Waals surface area contributed by atoms with E-state index in [1.54, 1.807) is 0 Å². The largest absolute Gasteiger partial charge is 0.458 e. The molecule has 18 heavy (non-hydrogen) atoms. The minimum Gasteiger partial charge on any atom is -0.203 e. The highest BCUT2D eigenvalue weighted by molar-refractivity contribution is 14.1. The third-order valence-corrected chi connectivity index (χ3v) is 2.89. The van der Waals surface area contributed by atoms with E-state index in [0.29, 0.717) is 22.6 Å². The normalized spacial score (nSPS) is 13.0. The molecule has 10 heteroatoms. The minimum atomic E-state index is -6.27. The molecule has 0 radical (unpaired) electrons. The van der Waals surface area contributed by atoms with E-state index < -0.39 is 44.5 Å². The van der Waals surface area contributed by atoms with Gasteiger partial charge in [-0.05, 0) is 22.6 Å². The van der Waals surface area contributed by atoms with Gasteiger partial charge in [-0.3, -0.25) is 0 Å². The maximum absolute atomic E-state index is 13.0. The van der Waals surface area contributed by atoms with Crippen LogP contribution in [0.25, 0.3) is 0 Å². The maximum Gasteiger partial charge on any atom is 0.458 e. The van der Waals surface area contributed by atoms with Gasteiger partial charge in [0.2, 0.25) is 0 Å². The van der Waals surface area contributed by atoms with E-state index in [9.17, 15) is 39.5 Å². The van der Waals surface area contributed by atoms with Gasteiger partial charge in [-0.25, -0.2) is 17.6 Å². The summed E-state index contributed by atoms with van der Waals surface area (Å²) in [6.07, 6.45) is -6.27. The molecule has 0 bridgehead atoms. The van der Waals surface area contributed by atoms with E-state index in [0.717, 1.165) is 0 Å². The molecule has 0 atom stereocenters. The molecule has 0 spiro atoms. The molecule has 0 amide bonds. The molecule has 0 N–H and O–H groups in total. The van der Waals surface area contributed by atoms with Crippen molar-refractivity contribution in [3.05, 3.63) is 32.4 Å². The molecule has 1 aromatic carbocycles. The molecule has 0 fully saturated rings. The summed E-state index contributed by atoms with van der Waals surface area (Å²) in [5, 5.41) is 0. The third kappa shape index (κ3) is 2.14. The summed E-state index contributed by atoms with van der Waals surface area (Å²) < 4.78 is 111.